The fourth-order valence-corrected chi connectivity index (χ4v) is 1.89. The van der Waals surface area contributed by atoms with E-state index in [0.717, 1.165) is 5.69 Å². The molecule has 0 aliphatic carbocycles. The first-order chi connectivity index (χ1) is 9.32. The number of carbonyl (C=O) groups excluding carboxylic acids is 1. The lowest BCUT2D eigenvalue weighted by molar-refractivity contribution is 0.0601. The molecule has 2 rings (SSSR count). The Morgan fingerprint density at radius 2 is 2.05 bits per heavy atom. The van der Waals surface area contributed by atoms with E-state index in [-0.39, 0.29) is 5.41 Å². The Kier molecular flexibility index (Phi) is 3.53. The number of nitrogens with two attached hydrogens (primary N) is 1. The molecule has 1 heterocycles. The lowest BCUT2D eigenvalue weighted by Gasteiger charge is -2.14. The van der Waals surface area contributed by atoms with Gasteiger partial charge in [-0.05, 0) is 18.2 Å². The van der Waals surface area contributed by atoms with Crippen LogP contribution in [0.3, 0.4) is 0 Å². The maximum atomic E-state index is 11.9. The number of imidazole rings is 1. The van der Waals surface area contributed by atoms with E-state index >= 15 is 0 Å². The smallest absolute Gasteiger partial charge is 0.340 e. The summed E-state index contributed by atoms with van der Waals surface area (Å²) < 4.78 is 6.61. The maximum absolute atomic E-state index is 11.9. The van der Waals surface area contributed by atoms with Gasteiger partial charge in [0.15, 0.2) is 0 Å². The van der Waals surface area contributed by atoms with E-state index in [1.54, 1.807) is 24.5 Å². The van der Waals surface area contributed by atoms with Crippen LogP contribution in [0, 0.1) is 0 Å². The molecule has 0 bridgehead atoms. The van der Waals surface area contributed by atoms with Gasteiger partial charge in [-0.1, -0.05) is 20.8 Å². The van der Waals surface area contributed by atoms with Crippen molar-refractivity contribution in [3.8, 4) is 5.69 Å². The van der Waals surface area contributed by atoms with Crippen LogP contribution >= 0.6 is 0 Å². The molecule has 2 N–H and O–H groups in total. The van der Waals surface area contributed by atoms with Gasteiger partial charge in [-0.3, -0.25) is 0 Å². The van der Waals surface area contributed by atoms with Crippen LogP contribution in [-0.4, -0.2) is 22.6 Å². The normalized spacial score (nSPS) is 11.4. The van der Waals surface area contributed by atoms with Crippen LogP contribution in [0.5, 0.6) is 0 Å². The number of nitrogen functional groups attached to an aromatic ring is 1. The second-order valence-corrected chi connectivity index (χ2v) is 5.68. The van der Waals surface area contributed by atoms with Gasteiger partial charge in [-0.2, -0.15) is 0 Å². The molecule has 1 aromatic heterocycles. The van der Waals surface area contributed by atoms with Crippen LogP contribution in [0.15, 0.2) is 30.7 Å². The molecule has 0 saturated heterocycles. The van der Waals surface area contributed by atoms with Crippen LogP contribution < -0.4 is 5.73 Å². The standard InChI is InChI=1S/C15H19N3O2/c1-15(2,3)13-8-18(9-17-13)12-6-5-10(16)7-11(12)14(19)20-4/h5-9H,16H2,1-4H3. The van der Waals surface area contributed by atoms with Crippen LogP contribution in [0.25, 0.3) is 5.69 Å². The highest BCUT2D eigenvalue weighted by molar-refractivity contribution is 5.94. The Labute approximate surface area is 118 Å². The zero-order valence-corrected chi connectivity index (χ0v) is 12.2. The third-order valence-electron chi connectivity index (χ3n) is 3.06. The van der Waals surface area contributed by atoms with Crippen molar-refractivity contribution >= 4 is 11.7 Å². The molecule has 0 saturated carbocycles. The highest BCUT2D eigenvalue weighted by Crippen LogP contribution is 2.24. The Balaban J connectivity index is 2.52. The summed E-state index contributed by atoms with van der Waals surface area (Å²) in [5, 5.41) is 0. The van der Waals surface area contributed by atoms with Gasteiger partial charge < -0.3 is 15.0 Å². The number of hydrogen-bond donors (Lipinski definition) is 1. The molecule has 106 valence electrons. The van der Waals surface area contributed by atoms with Gasteiger partial charge in [-0.25, -0.2) is 9.78 Å². The fourth-order valence-electron chi connectivity index (χ4n) is 1.89. The second-order valence-electron chi connectivity index (χ2n) is 5.68. The molecule has 0 unspecified atom stereocenters. The van der Waals surface area contributed by atoms with Gasteiger partial charge in [0.25, 0.3) is 0 Å². The average molecular weight is 273 g/mol. The molecular weight excluding hydrogens is 254 g/mol. The zero-order chi connectivity index (χ0) is 14.9. The lowest BCUT2D eigenvalue weighted by atomic mass is 9.93. The van der Waals surface area contributed by atoms with E-state index in [2.05, 4.69) is 25.8 Å². The van der Waals surface area contributed by atoms with Crippen molar-refractivity contribution in [2.45, 2.75) is 26.2 Å². The number of anilines is 1. The summed E-state index contributed by atoms with van der Waals surface area (Å²) in [7, 11) is 1.35. The van der Waals surface area contributed by atoms with Gasteiger partial charge in [0.05, 0.1) is 30.4 Å². The van der Waals surface area contributed by atoms with Crippen molar-refractivity contribution in [3.63, 3.8) is 0 Å². The molecule has 0 radical (unpaired) electrons. The summed E-state index contributed by atoms with van der Waals surface area (Å²) in [6, 6.07) is 5.15. The Morgan fingerprint density at radius 3 is 2.60 bits per heavy atom. The van der Waals surface area contributed by atoms with Gasteiger partial charge in [-0.15, -0.1) is 0 Å². The lowest BCUT2D eigenvalue weighted by Crippen LogP contribution is -2.11. The average Bonchev–Trinajstić information content (AvgIpc) is 2.87. The summed E-state index contributed by atoms with van der Waals surface area (Å²) in [6.45, 7) is 6.26. The number of esters is 1. The highest BCUT2D eigenvalue weighted by Gasteiger charge is 2.19. The van der Waals surface area contributed by atoms with Crippen molar-refractivity contribution in [2.24, 2.45) is 0 Å². The molecule has 5 nitrogen and oxygen atoms in total. The summed E-state index contributed by atoms with van der Waals surface area (Å²) in [5.41, 5.74) is 8.28. The summed E-state index contributed by atoms with van der Waals surface area (Å²) >= 11 is 0. The van der Waals surface area contributed by atoms with E-state index in [0.29, 0.717) is 16.9 Å². The van der Waals surface area contributed by atoms with Crippen molar-refractivity contribution in [3.05, 3.63) is 42.0 Å². The first-order valence-electron chi connectivity index (χ1n) is 6.35. The molecular formula is C15H19N3O2. The molecule has 2 aromatic rings. The van der Waals surface area contributed by atoms with E-state index in [1.165, 1.54) is 7.11 Å². The van der Waals surface area contributed by atoms with Gasteiger partial charge >= 0.3 is 5.97 Å². The fraction of sp³-hybridized carbons (Fsp3) is 0.333. The van der Waals surface area contributed by atoms with Gasteiger partial charge in [0.2, 0.25) is 0 Å². The number of rotatable bonds is 2. The minimum Gasteiger partial charge on any atom is -0.465 e. The van der Waals surface area contributed by atoms with Crippen molar-refractivity contribution in [1.82, 2.24) is 9.55 Å². The number of hydrogen-bond acceptors (Lipinski definition) is 4. The minimum absolute atomic E-state index is 0.0511. The Hall–Kier alpha value is -2.30. The molecule has 0 aliphatic rings. The van der Waals surface area contributed by atoms with Crippen LogP contribution in [0.2, 0.25) is 0 Å². The molecule has 1 aromatic carbocycles. The predicted octanol–water partition coefficient (Wildman–Crippen LogP) is 2.54. The Morgan fingerprint density at radius 1 is 1.35 bits per heavy atom. The van der Waals surface area contributed by atoms with Crippen LogP contribution in [0.4, 0.5) is 5.69 Å². The van der Waals surface area contributed by atoms with Crippen molar-refractivity contribution in [2.75, 3.05) is 12.8 Å². The summed E-state index contributed by atoms with van der Waals surface area (Å²) in [6.07, 6.45) is 3.61. The number of benzene rings is 1. The molecule has 0 spiro atoms. The molecule has 5 heteroatoms. The highest BCUT2D eigenvalue weighted by atomic mass is 16.5. The zero-order valence-electron chi connectivity index (χ0n) is 12.2. The first kappa shape index (κ1) is 14.1. The Bertz CT molecular complexity index is 639. The number of carbonyl (C=O) groups is 1. The quantitative estimate of drug-likeness (QED) is 0.674. The molecule has 0 amide bonds. The van der Waals surface area contributed by atoms with Crippen LogP contribution in [0.1, 0.15) is 36.8 Å². The predicted molar refractivity (Wildman–Crippen MR) is 78.0 cm³/mol. The van der Waals surface area contributed by atoms with Crippen molar-refractivity contribution < 1.29 is 9.53 Å². The van der Waals surface area contributed by atoms with Gasteiger partial charge in [0, 0.05) is 17.3 Å². The van der Waals surface area contributed by atoms with E-state index in [1.807, 2.05) is 10.8 Å². The van der Waals surface area contributed by atoms with Gasteiger partial charge in [0.1, 0.15) is 0 Å². The van der Waals surface area contributed by atoms with E-state index in [4.69, 9.17) is 10.5 Å². The third kappa shape index (κ3) is 2.66. The monoisotopic (exact) mass is 273 g/mol. The third-order valence-corrected chi connectivity index (χ3v) is 3.06. The molecule has 20 heavy (non-hydrogen) atoms. The number of nitrogens with zero attached hydrogens (tertiary/aromatic N) is 2. The number of methoxy groups -OCH3 is 1. The first-order valence-corrected chi connectivity index (χ1v) is 6.35. The SMILES string of the molecule is COC(=O)c1cc(N)ccc1-n1cnc(C(C)(C)C)c1. The molecule has 0 atom stereocenters. The molecule has 0 aliphatic heterocycles. The van der Waals surface area contributed by atoms with Crippen molar-refractivity contribution in [1.29, 1.82) is 0 Å². The summed E-state index contributed by atoms with van der Waals surface area (Å²) in [4.78, 5) is 16.2. The van der Waals surface area contributed by atoms with E-state index < -0.39 is 5.97 Å². The largest absolute Gasteiger partial charge is 0.465 e. The minimum atomic E-state index is -0.418. The second kappa shape index (κ2) is 5.00. The van der Waals surface area contributed by atoms with E-state index in [9.17, 15) is 4.79 Å². The maximum Gasteiger partial charge on any atom is 0.340 e. The number of ether oxygens (including phenoxy) is 1. The summed E-state index contributed by atoms with van der Waals surface area (Å²) in [5.74, 6) is -0.418. The number of aromatic nitrogens is 2. The molecule has 0 fully saturated rings. The van der Waals surface area contributed by atoms with Crippen LogP contribution in [-0.2, 0) is 10.2 Å². The topological polar surface area (TPSA) is 70.1 Å².